The van der Waals surface area contributed by atoms with Gasteiger partial charge in [0.2, 0.25) is 5.91 Å². The molecule has 3 aliphatic rings. The number of carbonyl (C=O) groups is 6. The Balaban J connectivity index is 1.92. The van der Waals surface area contributed by atoms with Gasteiger partial charge >= 0.3 is 0 Å². The molecule has 0 radical (unpaired) electrons. The second kappa shape index (κ2) is 8.02. The van der Waals surface area contributed by atoms with Crippen molar-refractivity contribution in [2.75, 3.05) is 14.1 Å². The van der Waals surface area contributed by atoms with Crippen LogP contribution in [0.4, 0.5) is 0 Å². The molecule has 34 heavy (non-hydrogen) atoms. The van der Waals surface area contributed by atoms with Crippen LogP contribution in [0.25, 0.3) is 0 Å². The average molecular weight is 582 g/mol. The van der Waals surface area contributed by atoms with Crippen molar-refractivity contribution < 1.29 is 39.0 Å². The van der Waals surface area contributed by atoms with Crippen LogP contribution in [0.1, 0.15) is 39.6 Å². The zero-order valence-electron chi connectivity index (χ0n) is 18.6. The first-order valence-corrected chi connectivity index (χ1v) is 11.7. The highest BCUT2D eigenvalue weighted by molar-refractivity contribution is 14.1. The molecule has 0 aliphatic heterocycles. The Morgan fingerprint density at radius 3 is 2.32 bits per heavy atom. The maximum Gasteiger partial charge on any atom is 0.235 e. The number of hydrogen-bond acceptors (Lipinski definition) is 9. The maximum atomic E-state index is 13.7. The summed E-state index contributed by atoms with van der Waals surface area (Å²) < 4.78 is 0.244. The lowest BCUT2D eigenvalue weighted by molar-refractivity contribution is -0.181. The van der Waals surface area contributed by atoms with Crippen LogP contribution in [0.15, 0.2) is 6.07 Å². The van der Waals surface area contributed by atoms with Crippen LogP contribution in [-0.4, -0.2) is 75.7 Å². The number of fused-ring (bicyclic) bond motifs is 3. The van der Waals surface area contributed by atoms with Gasteiger partial charge in [-0.1, -0.05) is 0 Å². The average Bonchev–Trinajstić information content (AvgIpc) is 2.72. The number of likely N-dealkylation sites (N-methyl/N-ethyl adjacent to an activating group) is 1. The fourth-order valence-corrected chi connectivity index (χ4v) is 6.53. The number of aliphatic hydroxyl groups is 1. The van der Waals surface area contributed by atoms with Crippen LogP contribution in [0.3, 0.4) is 0 Å². The fraction of sp³-hybridized carbons (Fsp3) is 0.478. The number of hydrogen-bond donors (Lipinski definition) is 3. The molecule has 4 N–H and O–H groups in total. The lowest BCUT2D eigenvalue weighted by Crippen LogP contribution is -2.74. The van der Waals surface area contributed by atoms with E-state index in [4.69, 9.17) is 5.73 Å². The van der Waals surface area contributed by atoms with Gasteiger partial charge in [-0.2, -0.15) is 0 Å². The zero-order chi connectivity index (χ0) is 25.4. The molecule has 0 spiro atoms. The Hall–Kier alpha value is -2.51. The van der Waals surface area contributed by atoms with Crippen LogP contribution >= 0.6 is 22.6 Å². The minimum Gasteiger partial charge on any atom is -0.506 e. The maximum absolute atomic E-state index is 13.7. The highest BCUT2D eigenvalue weighted by Gasteiger charge is 2.69. The SMILES string of the molecule is CC(=O)c1cc(I)c(O)c2c1C[C@H]1C[C@H]3[C@H](N(C)C)C(=O)C(C(N)=O)C(=O)[C@@]3(O)C(=O)C1C2=O. The van der Waals surface area contributed by atoms with Gasteiger partial charge in [0.1, 0.15) is 5.75 Å². The Morgan fingerprint density at radius 1 is 1.18 bits per heavy atom. The fourth-order valence-electron chi connectivity index (χ4n) is 5.95. The number of Topliss-reactive ketones (excluding diaryl/α,β-unsaturated/α-hetero) is 5. The third kappa shape index (κ3) is 3.13. The van der Waals surface area contributed by atoms with Gasteiger partial charge in [0.15, 0.2) is 40.4 Å². The second-order valence-corrected chi connectivity index (χ2v) is 10.6. The molecule has 10 nitrogen and oxygen atoms in total. The molecule has 2 unspecified atom stereocenters. The summed E-state index contributed by atoms with van der Waals surface area (Å²) in [4.78, 5) is 79.1. The molecule has 0 aromatic heterocycles. The normalized spacial score (nSPS) is 32.8. The van der Waals surface area contributed by atoms with Crippen molar-refractivity contribution in [3.8, 4) is 5.75 Å². The van der Waals surface area contributed by atoms with Crippen molar-refractivity contribution >= 4 is 57.4 Å². The summed E-state index contributed by atoms with van der Waals surface area (Å²) >= 11 is 1.77. The number of amides is 1. The van der Waals surface area contributed by atoms with E-state index >= 15 is 0 Å². The van der Waals surface area contributed by atoms with E-state index in [9.17, 15) is 39.0 Å². The first-order valence-electron chi connectivity index (χ1n) is 10.6. The summed E-state index contributed by atoms with van der Waals surface area (Å²) in [5, 5.41) is 22.1. The van der Waals surface area contributed by atoms with Crippen LogP contribution < -0.4 is 5.73 Å². The number of halogens is 1. The number of rotatable bonds is 3. The molecule has 0 bridgehead atoms. The smallest absolute Gasteiger partial charge is 0.235 e. The number of nitrogens with two attached hydrogens (primary N) is 1. The molecule has 0 saturated heterocycles. The van der Waals surface area contributed by atoms with E-state index < -0.39 is 64.4 Å². The van der Waals surface area contributed by atoms with Crippen LogP contribution in [0.5, 0.6) is 5.75 Å². The molecular weight excluding hydrogens is 559 g/mol. The molecule has 1 aromatic rings. The molecular formula is C23H23IN2O8. The number of aromatic hydroxyl groups is 1. The van der Waals surface area contributed by atoms with Gasteiger partial charge in [-0.3, -0.25) is 33.7 Å². The largest absolute Gasteiger partial charge is 0.506 e. The van der Waals surface area contributed by atoms with Gasteiger partial charge in [0.05, 0.1) is 21.1 Å². The van der Waals surface area contributed by atoms with Crippen molar-refractivity contribution in [1.29, 1.82) is 0 Å². The van der Waals surface area contributed by atoms with Gasteiger partial charge < -0.3 is 15.9 Å². The van der Waals surface area contributed by atoms with E-state index in [1.807, 2.05) is 0 Å². The van der Waals surface area contributed by atoms with Crippen molar-refractivity contribution in [3.63, 3.8) is 0 Å². The number of ketones is 5. The minimum absolute atomic E-state index is 0.0607. The van der Waals surface area contributed by atoms with E-state index in [2.05, 4.69) is 0 Å². The van der Waals surface area contributed by atoms with Crippen molar-refractivity contribution in [3.05, 3.63) is 26.3 Å². The molecule has 1 aromatic carbocycles. The van der Waals surface area contributed by atoms with Crippen LogP contribution in [-0.2, 0) is 25.6 Å². The van der Waals surface area contributed by atoms with Crippen LogP contribution in [0.2, 0.25) is 0 Å². The molecule has 6 atom stereocenters. The predicted molar refractivity (Wildman–Crippen MR) is 124 cm³/mol. The number of nitrogens with zero attached hydrogens (tertiary/aromatic N) is 1. The van der Waals surface area contributed by atoms with E-state index in [0.717, 1.165) is 0 Å². The van der Waals surface area contributed by atoms with Gasteiger partial charge in [-0.05, 0) is 74.0 Å². The first-order chi connectivity index (χ1) is 15.7. The third-order valence-electron chi connectivity index (χ3n) is 7.39. The van der Waals surface area contributed by atoms with E-state index in [1.54, 1.807) is 22.6 Å². The first kappa shape index (κ1) is 24.6. The second-order valence-electron chi connectivity index (χ2n) is 9.45. The molecule has 3 aliphatic carbocycles. The Labute approximate surface area is 208 Å². The quantitative estimate of drug-likeness (QED) is 0.245. The molecule has 4 rings (SSSR count). The summed E-state index contributed by atoms with van der Waals surface area (Å²) in [5.74, 6) is -11.4. The number of phenolic OH excluding ortho intramolecular Hbond substituents is 1. The summed E-state index contributed by atoms with van der Waals surface area (Å²) in [6.07, 6.45) is -0.000775. The van der Waals surface area contributed by atoms with Crippen molar-refractivity contribution in [1.82, 2.24) is 4.90 Å². The van der Waals surface area contributed by atoms with Gasteiger partial charge in [0, 0.05) is 11.5 Å². The molecule has 11 heteroatoms. The summed E-state index contributed by atoms with van der Waals surface area (Å²) in [6.45, 7) is 1.33. The number of carbonyl (C=O) groups excluding carboxylic acids is 6. The Bertz CT molecular complexity index is 1210. The summed E-state index contributed by atoms with van der Waals surface area (Å²) in [5.41, 5.74) is 2.89. The zero-order valence-corrected chi connectivity index (χ0v) is 20.8. The van der Waals surface area contributed by atoms with Gasteiger partial charge in [-0.25, -0.2) is 0 Å². The highest BCUT2D eigenvalue weighted by Crippen LogP contribution is 2.51. The monoisotopic (exact) mass is 582 g/mol. The third-order valence-corrected chi connectivity index (χ3v) is 8.22. The molecule has 0 heterocycles. The van der Waals surface area contributed by atoms with E-state index in [-0.39, 0.29) is 39.1 Å². The van der Waals surface area contributed by atoms with Gasteiger partial charge in [0.25, 0.3) is 0 Å². The Kier molecular flexibility index (Phi) is 5.81. The number of primary amides is 1. The standard InChI is InChI=1S/C23H23IN2O8/c1-7(27)9-6-12(24)17(28)14-10(9)4-8-5-11-16(26(2)3)19(30)15(22(25)33)21(32)23(11,34)20(31)13(8)18(14)29/h6,8,11,13,15-16,28,34H,4-5H2,1-3H3,(H2,25,33)/t8-,11-,13?,15?,16-,23-/m0/s1. The van der Waals surface area contributed by atoms with Crippen molar-refractivity contribution in [2.24, 2.45) is 29.4 Å². The number of phenols is 1. The van der Waals surface area contributed by atoms with Crippen molar-refractivity contribution in [2.45, 2.75) is 31.4 Å². The molecule has 180 valence electrons. The number of benzene rings is 1. The van der Waals surface area contributed by atoms with Gasteiger partial charge in [-0.15, -0.1) is 0 Å². The topological polar surface area (TPSA) is 172 Å². The van der Waals surface area contributed by atoms with E-state index in [1.165, 1.54) is 32.0 Å². The molecule has 2 fully saturated rings. The summed E-state index contributed by atoms with van der Waals surface area (Å²) in [7, 11) is 3.03. The lowest BCUT2D eigenvalue weighted by Gasteiger charge is -2.52. The highest BCUT2D eigenvalue weighted by atomic mass is 127. The van der Waals surface area contributed by atoms with E-state index in [0.29, 0.717) is 5.56 Å². The minimum atomic E-state index is -2.77. The summed E-state index contributed by atoms with van der Waals surface area (Å²) in [6, 6.07) is 0.304. The van der Waals surface area contributed by atoms with Crippen LogP contribution in [0, 0.1) is 27.2 Å². The molecule has 2 saturated carbocycles. The molecule has 1 amide bonds. The lowest BCUT2D eigenvalue weighted by atomic mass is 9.52. The predicted octanol–water partition coefficient (Wildman–Crippen LogP) is -0.326. The Morgan fingerprint density at radius 2 is 1.79 bits per heavy atom.